The standard InChI is InChI=1S/C11H17F2NOSi/c1-16(2,3)15-9-6-4-8(5-7-9)10(14)11(12)13/h4-7,10-11H,14H2,1-3H3/t10-/m1/s1. The van der Waals surface area contributed by atoms with Crippen molar-refractivity contribution in [2.75, 3.05) is 0 Å². The molecule has 0 aromatic heterocycles. The van der Waals surface area contributed by atoms with Gasteiger partial charge in [0.05, 0.1) is 6.04 Å². The van der Waals surface area contributed by atoms with Gasteiger partial charge in [-0.15, -0.1) is 0 Å². The van der Waals surface area contributed by atoms with Gasteiger partial charge in [0.15, 0.2) is 0 Å². The highest BCUT2D eigenvalue weighted by Crippen LogP contribution is 2.22. The third-order valence-corrected chi connectivity index (χ3v) is 2.81. The van der Waals surface area contributed by atoms with Crippen molar-refractivity contribution in [3.8, 4) is 5.75 Å². The molecule has 1 rings (SSSR count). The van der Waals surface area contributed by atoms with Gasteiger partial charge >= 0.3 is 0 Å². The van der Waals surface area contributed by atoms with Crippen molar-refractivity contribution in [1.82, 2.24) is 0 Å². The van der Waals surface area contributed by atoms with Gasteiger partial charge in [-0.1, -0.05) is 12.1 Å². The molecule has 0 amide bonds. The van der Waals surface area contributed by atoms with Crippen LogP contribution in [0.15, 0.2) is 24.3 Å². The summed E-state index contributed by atoms with van der Waals surface area (Å²) in [6.07, 6.45) is -2.54. The van der Waals surface area contributed by atoms with E-state index in [1.165, 1.54) is 0 Å². The van der Waals surface area contributed by atoms with E-state index in [-0.39, 0.29) is 0 Å². The van der Waals surface area contributed by atoms with Crippen molar-refractivity contribution >= 4 is 8.32 Å². The number of rotatable bonds is 4. The first-order valence-corrected chi connectivity index (χ1v) is 8.53. The Kier molecular flexibility index (Phi) is 4.04. The molecule has 16 heavy (non-hydrogen) atoms. The average Bonchev–Trinajstić information content (AvgIpc) is 2.15. The van der Waals surface area contributed by atoms with Crippen molar-refractivity contribution < 1.29 is 13.2 Å². The first-order chi connectivity index (χ1) is 7.29. The van der Waals surface area contributed by atoms with Crippen LogP contribution in [0.25, 0.3) is 0 Å². The number of hydrogen-bond donors (Lipinski definition) is 1. The summed E-state index contributed by atoms with van der Waals surface area (Å²) in [5.74, 6) is 0.712. The van der Waals surface area contributed by atoms with Crippen LogP contribution in [0, 0.1) is 0 Å². The van der Waals surface area contributed by atoms with Crippen LogP contribution in [0.3, 0.4) is 0 Å². The molecule has 0 saturated heterocycles. The molecule has 90 valence electrons. The van der Waals surface area contributed by atoms with Gasteiger partial charge in [-0.3, -0.25) is 0 Å². The van der Waals surface area contributed by atoms with E-state index in [0.29, 0.717) is 11.3 Å². The number of alkyl halides is 2. The van der Waals surface area contributed by atoms with Crippen LogP contribution in [-0.4, -0.2) is 14.7 Å². The second-order valence-corrected chi connectivity index (χ2v) is 9.07. The Balaban J connectivity index is 2.76. The summed E-state index contributed by atoms with van der Waals surface area (Å²) < 4.78 is 30.4. The number of nitrogens with two attached hydrogens (primary N) is 1. The van der Waals surface area contributed by atoms with Gasteiger partial charge in [-0.2, -0.15) is 0 Å². The van der Waals surface area contributed by atoms with Gasteiger partial charge < -0.3 is 10.2 Å². The van der Waals surface area contributed by atoms with Gasteiger partial charge in [-0.25, -0.2) is 8.78 Å². The minimum Gasteiger partial charge on any atom is -0.544 e. The van der Waals surface area contributed by atoms with Crippen molar-refractivity contribution in [3.05, 3.63) is 29.8 Å². The highest BCUT2D eigenvalue weighted by Gasteiger charge is 2.19. The zero-order valence-electron chi connectivity index (χ0n) is 9.71. The van der Waals surface area contributed by atoms with Crippen LogP contribution in [0.4, 0.5) is 8.78 Å². The summed E-state index contributed by atoms with van der Waals surface area (Å²) >= 11 is 0. The Bertz CT molecular complexity index is 335. The summed E-state index contributed by atoms with van der Waals surface area (Å²) in [7, 11) is -1.64. The molecule has 0 saturated carbocycles. The molecule has 0 unspecified atom stereocenters. The lowest BCUT2D eigenvalue weighted by molar-refractivity contribution is 0.116. The summed E-state index contributed by atoms with van der Waals surface area (Å²) in [4.78, 5) is 0. The highest BCUT2D eigenvalue weighted by atomic mass is 28.4. The van der Waals surface area contributed by atoms with Gasteiger partial charge in [0, 0.05) is 0 Å². The highest BCUT2D eigenvalue weighted by molar-refractivity contribution is 6.70. The van der Waals surface area contributed by atoms with Crippen LogP contribution >= 0.6 is 0 Å². The molecule has 0 radical (unpaired) electrons. The van der Waals surface area contributed by atoms with E-state index in [4.69, 9.17) is 10.2 Å². The maximum Gasteiger partial charge on any atom is 0.257 e. The van der Waals surface area contributed by atoms with Crippen LogP contribution < -0.4 is 10.2 Å². The Morgan fingerprint density at radius 1 is 1.12 bits per heavy atom. The molecule has 0 fully saturated rings. The summed E-state index contributed by atoms with van der Waals surface area (Å²) in [6.45, 7) is 6.18. The third kappa shape index (κ3) is 3.90. The zero-order chi connectivity index (χ0) is 12.3. The van der Waals surface area contributed by atoms with E-state index in [1.54, 1.807) is 24.3 Å². The first kappa shape index (κ1) is 13.1. The zero-order valence-corrected chi connectivity index (χ0v) is 10.7. The molecule has 5 heteroatoms. The molecule has 0 spiro atoms. The Hall–Kier alpha value is -0.943. The second kappa shape index (κ2) is 4.93. The SMILES string of the molecule is C[Si](C)(C)Oc1ccc([C@@H](N)C(F)F)cc1. The molecule has 0 heterocycles. The molecule has 2 nitrogen and oxygen atoms in total. The Morgan fingerprint density at radius 2 is 1.62 bits per heavy atom. The molecule has 0 aliphatic carbocycles. The van der Waals surface area contributed by atoms with Crippen molar-refractivity contribution in [2.24, 2.45) is 5.73 Å². The van der Waals surface area contributed by atoms with Gasteiger partial charge in [0.25, 0.3) is 6.43 Å². The number of benzene rings is 1. The molecule has 0 bridgehead atoms. The largest absolute Gasteiger partial charge is 0.544 e. The van der Waals surface area contributed by atoms with E-state index in [1.807, 2.05) is 0 Å². The fraction of sp³-hybridized carbons (Fsp3) is 0.455. The summed E-state index contributed by atoms with van der Waals surface area (Å²) in [5.41, 5.74) is 5.76. The smallest absolute Gasteiger partial charge is 0.257 e. The van der Waals surface area contributed by atoms with Crippen LogP contribution in [-0.2, 0) is 0 Å². The molecule has 2 N–H and O–H groups in total. The van der Waals surface area contributed by atoms with E-state index >= 15 is 0 Å². The summed E-state index contributed by atoms with van der Waals surface area (Å²) in [5, 5.41) is 0. The lowest BCUT2D eigenvalue weighted by atomic mass is 10.1. The van der Waals surface area contributed by atoms with E-state index in [9.17, 15) is 8.78 Å². The molecular weight excluding hydrogens is 228 g/mol. The maximum absolute atomic E-state index is 12.3. The number of halogens is 2. The molecule has 1 atom stereocenters. The van der Waals surface area contributed by atoms with Crippen molar-refractivity contribution in [2.45, 2.75) is 32.1 Å². The quantitative estimate of drug-likeness (QED) is 0.827. The van der Waals surface area contributed by atoms with Crippen LogP contribution in [0.2, 0.25) is 19.6 Å². The van der Waals surface area contributed by atoms with E-state index < -0.39 is 20.8 Å². The van der Waals surface area contributed by atoms with Crippen molar-refractivity contribution in [3.63, 3.8) is 0 Å². The van der Waals surface area contributed by atoms with Gasteiger partial charge in [0.2, 0.25) is 8.32 Å². The molecule has 1 aromatic carbocycles. The molecular formula is C11H17F2NOSi. The summed E-state index contributed by atoms with van der Waals surface area (Å²) in [6, 6.07) is 5.34. The Morgan fingerprint density at radius 3 is 2.00 bits per heavy atom. The predicted molar refractivity (Wildman–Crippen MR) is 63.3 cm³/mol. The van der Waals surface area contributed by atoms with Gasteiger partial charge in [-0.05, 0) is 37.3 Å². The average molecular weight is 245 g/mol. The topological polar surface area (TPSA) is 35.2 Å². The predicted octanol–water partition coefficient (Wildman–Crippen LogP) is 3.17. The second-order valence-electron chi connectivity index (χ2n) is 4.64. The Labute approximate surface area is 95.5 Å². The minimum atomic E-state index is -2.54. The van der Waals surface area contributed by atoms with Crippen molar-refractivity contribution in [1.29, 1.82) is 0 Å². The third-order valence-electron chi connectivity index (χ3n) is 1.96. The van der Waals surface area contributed by atoms with Gasteiger partial charge in [0.1, 0.15) is 5.75 Å². The lowest BCUT2D eigenvalue weighted by Crippen LogP contribution is -2.29. The monoisotopic (exact) mass is 245 g/mol. The maximum atomic E-state index is 12.3. The number of hydrogen-bond acceptors (Lipinski definition) is 2. The molecule has 1 aromatic rings. The molecule has 0 aliphatic rings. The fourth-order valence-electron chi connectivity index (χ4n) is 1.26. The van der Waals surface area contributed by atoms with Crippen LogP contribution in [0.1, 0.15) is 11.6 Å². The first-order valence-electron chi connectivity index (χ1n) is 5.12. The lowest BCUT2D eigenvalue weighted by Gasteiger charge is -2.19. The fourth-order valence-corrected chi connectivity index (χ4v) is 2.10. The van der Waals surface area contributed by atoms with Crippen LogP contribution in [0.5, 0.6) is 5.75 Å². The van der Waals surface area contributed by atoms with E-state index in [0.717, 1.165) is 0 Å². The molecule has 0 aliphatic heterocycles. The minimum absolute atomic E-state index is 0.429. The normalized spacial score (nSPS) is 13.9. The van der Waals surface area contributed by atoms with E-state index in [2.05, 4.69) is 19.6 Å².